The lowest BCUT2D eigenvalue weighted by Gasteiger charge is -2.07. The molecular weight excluding hydrogens is 320 g/mol. The van der Waals surface area contributed by atoms with Gasteiger partial charge in [-0.3, -0.25) is 5.10 Å². The van der Waals surface area contributed by atoms with Crippen LogP contribution in [0.15, 0.2) is 4.90 Å². The van der Waals surface area contributed by atoms with Crippen LogP contribution >= 0.6 is 10.7 Å². The molecule has 0 saturated heterocycles. The summed E-state index contributed by atoms with van der Waals surface area (Å²) >= 11 is 0. The fraction of sp³-hybridized carbons (Fsp3) is 0.667. The molecule has 0 fully saturated rings. The van der Waals surface area contributed by atoms with E-state index in [0.29, 0.717) is 18.5 Å². The molecule has 1 heterocycles. The summed E-state index contributed by atoms with van der Waals surface area (Å²) in [5.74, 6) is -0.847. The monoisotopic (exact) mass is 338 g/mol. The van der Waals surface area contributed by atoms with E-state index in [1.807, 2.05) is 20.8 Å². The Balaban J connectivity index is 2.85. The SMILES string of the molecule is CCCc1[nH]nc(C(=O)OCCOC(C)C)c1S(=O)(=O)Cl. The number of aromatic nitrogens is 2. The Labute approximate surface area is 128 Å². The number of carbonyl (C=O) groups excluding carboxylic acids is 1. The van der Waals surface area contributed by atoms with Gasteiger partial charge >= 0.3 is 5.97 Å². The highest BCUT2D eigenvalue weighted by Gasteiger charge is 2.29. The van der Waals surface area contributed by atoms with Crippen LogP contribution in [-0.4, -0.2) is 43.9 Å². The third-order valence-electron chi connectivity index (χ3n) is 2.50. The van der Waals surface area contributed by atoms with Crippen molar-refractivity contribution in [3.8, 4) is 0 Å². The van der Waals surface area contributed by atoms with Gasteiger partial charge in [0, 0.05) is 10.7 Å². The van der Waals surface area contributed by atoms with E-state index in [0.717, 1.165) is 0 Å². The van der Waals surface area contributed by atoms with Crippen molar-refractivity contribution in [2.24, 2.45) is 0 Å². The number of rotatable bonds is 8. The van der Waals surface area contributed by atoms with Gasteiger partial charge in [0.2, 0.25) is 0 Å². The molecule has 1 aromatic heterocycles. The van der Waals surface area contributed by atoms with Gasteiger partial charge in [-0.2, -0.15) is 5.10 Å². The van der Waals surface area contributed by atoms with E-state index in [2.05, 4.69) is 10.2 Å². The molecular formula is C12H19ClN2O5S. The van der Waals surface area contributed by atoms with Crippen LogP contribution in [0.4, 0.5) is 0 Å². The normalized spacial score (nSPS) is 11.9. The van der Waals surface area contributed by atoms with E-state index < -0.39 is 15.0 Å². The molecule has 120 valence electrons. The zero-order chi connectivity index (χ0) is 16.0. The summed E-state index contributed by atoms with van der Waals surface area (Å²) in [4.78, 5) is 11.6. The standard InChI is InChI=1S/C12H19ClN2O5S/c1-4-5-9-11(21(13,17)18)10(15-14-9)12(16)20-7-6-19-8(2)3/h8H,4-7H2,1-3H3,(H,14,15). The van der Waals surface area contributed by atoms with E-state index in [4.69, 9.17) is 20.2 Å². The zero-order valence-electron chi connectivity index (χ0n) is 12.2. The first-order chi connectivity index (χ1) is 9.77. The summed E-state index contributed by atoms with van der Waals surface area (Å²) in [7, 11) is 1.29. The van der Waals surface area contributed by atoms with Crippen LogP contribution in [0.2, 0.25) is 0 Å². The number of H-pyrrole nitrogens is 1. The highest BCUT2D eigenvalue weighted by Crippen LogP contribution is 2.24. The minimum Gasteiger partial charge on any atom is -0.458 e. The molecule has 0 radical (unpaired) electrons. The molecule has 0 saturated carbocycles. The summed E-state index contributed by atoms with van der Waals surface area (Å²) in [6.45, 7) is 5.80. The van der Waals surface area contributed by atoms with Gasteiger partial charge in [0.05, 0.1) is 18.4 Å². The maximum absolute atomic E-state index is 11.9. The predicted molar refractivity (Wildman–Crippen MR) is 77.0 cm³/mol. The smallest absolute Gasteiger partial charge is 0.360 e. The number of carbonyl (C=O) groups is 1. The lowest BCUT2D eigenvalue weighted by molar-refractivity contribution is 0.0170. The molecule has 0 aliphatic heterocycles. The topological polar surface area (TPSA) is 98.3 Å². The largest absolute Gasteiger partial charge is 0.458 e. The summed E-state index contributed by atoms with van der Waals surface area (Å²) in [6, 6.07) is 0. The fourth-order valence-electron chi connectivity index (χ4n) is 1.67. The quantitative estimate of drug-likeness (QED) is 0.441. The van der Waals surface area contributed by atoms with Crippen molar-refractivity contribution in [3.63, 3.8) is 0 Å². The average molecular weight is 339 g/mol. The number of nitrogens with zero attached hydrogens (tertiary/aromatic N) is 1. The summed E-state index contributed by atoms with van der Waals surface area (Å²) in [6.07, 6.45) is 1.11. The fourth-order valence-corrected chi connectivity index (χ4v) is 2.98. The number of aromatic amines is 1. The molecule has 0 aliphatic rings. The molecule has 0 atom stereocenters. The van der Waals surface area contributed by atoms with Gasteiger partial charge in [0.1, 0.15) is 11.5 Å². The van der Waals surface area contributed by atoms with Gasteiger partial charge in [-0.25, -0.2) is 13.2 Å². The van der Waals surface area contributed by atoms with E-state index >= 15 is 0 Å². The van der Waals surface area contributed by atoms with Crippen molar-refractivity contribution >= 4 is 25.7 Å². The Morgan fingerprint density at radius 3 is 2.57 bits per heavy atom. The number of aryl methyl sites for hydroxylation is 1. The Hall–Kier alpha value is -1.12. The minimum absolute atomic E-state index is 0.00869. The first-order valence-electron chi connectivity index (χ1n) is 6.58. The van der Waals surface area contributed by atoms with Crippen LogP contribution in [-0.2, 0) is 24.9 Å². The van der Waals surface area contributed by atoms with E-state index in [9.17, 15) is 13.2 Å². The maximum atomic E-state index is 11.9. The average Bonchev–Trinajstić information content (AvgIpc) is 2.78. The van der Waals surface area contributed by atoms with Crippen molar-refractivity contribution in [1.82, 2.24) is 10.2 Å². The molecule has 1 N–H and O–H groups in total. The lowest BCUT2D eigenvalue weighted by Crippen LogP contribution is -2.15. The third kappa shape index (κ3) is 5.29. The molecule has 21 heavy (non-hydrogen) atoms. The maximum Gasteiger partial charge on any atom is 0.360 e. The second-order valence-corrected chi connectivity index (χ2v) is 7.13. The van der Waals surface area contributed by atoms with Gasteiger partial charge in [0.15, 0.2) is 5.69 Å². The number of hydrogen-bond acceptors (Lipinski definition) is 6. The molecule has 0 spiro atoms. The molecule has 0 aliphatic carbocycles. The van der Waals surface area contributed by atoms with Crippen LogP contribution in [0.25, 0.3) is 0 Å². The highest BCUT2D eigenvalue weighted by atomic mass is 35.7. The van der Waals surface area contributed by atoms with Gasteiger partial charge in [0.25, 0.3) is 9.05 Å². The number of hydrogen-bond donors (Lipinski definition) is 1. The van der Waals surface area contributed by atoms with Crippen molar-refractivity contribution in [2.45, 2.75) is 44.6 Å². The Morgan fingerprint density at radius 1 is 1.38 bits per heavy atom. The summed E-state index contributed by atoms with van der Waals surface area (Å²) < 4.78 is 33.4. The highest BCUT2D eigenvalue weighted by molar-refractivity contribution is 8.13. The van der Waals surface area contributed by atoms with Crippen molar-refractivity contribution < 1.29 is 22.7 Å². The Bertz CT molecular complexity index is 582. The molecule has 0 bridgehead atoms. The predicted octanol–water partition coefficient (Wildman–Crippen LogP) is 1.87. The second kappa shape index (κ2) is 7.77. The third-order valence-corrected chi connectivity index (χ3v) is 3.89. The zero-order valence-corrected chi connectivity index (χ0v) is 13.8. The van der Waals surface area contributed by atoms with Crippen LogP contribution in [0.3, 0.4) is 0 Å². The number of esters is 1. The molecule has 0 amide bonds. The second-order valence-electron chi connectivity index (χ2n) is 4.62. The van der Waals surface area contributed by atoms with Gasteiger partial charge in [-0.05, 0) is 20.3 Å². The Kier molecular flexibility index (Phi) is 6.63. The van der Waals surface area contributed by atoms with Gasteiger partial charge < -0.3 is 9.47 Å². The van der Waals surface area contributed by atoms with E-state index in [1.54, 1.807) is 0 Å². The minimum atomic E-state index is -4.09. The first-order valence-corrected chi connectivity index (χ1v) is 8.88. The number of nitrogens with one attached hydrogen (secondary N) is 1. The molecule has 1 aromatic rings. The molecule has 1 rings (SSSR count). The van der Waals surface area contributed by atoms with Gasteiger partial charge in [-0.1, -0.05) is 13.3 Å². The first kappa shape index (κ1) is 17.9. The van der Waals surface area contributed by atoms with Gasteiger partial charge in [-0.15, -0.1) is 0 Å². The lowest BCUT2D eigenvalue weighted by atomic mass is 10.2. The molecule has 9 heteroatoms. The summed E-state index contributed by atoms with van der Waals surface area (Å²) in [5.41, 5.74) is -0.0177. The van der Waals surface area contributed by atoms with Crippen LogP contribution < -0.4 is 0 Å². The van der Waals surface area contributed by atoms with E-state index in [-0.39, 0.29) is 29.9 Å². The van der Waals surface area contributed by atoms with Crippen molar-refractivity contribution in [3.05, 3.63) is 11.4 Å². The number of ether oxygens (including phenoxy) is 2. The van der Waals surface area contributed by atoms with Crippen LogP contribution in [0.1, 0.15) is 43.4 Å². The van der Waals surface area contributed by atoms with Crippen LogP contribution in [0, 0.1) is 0 Å². The Morgan fingerprint density at radius 2 is 2.05 bits per heavy atom. The molecule has 0 aromatic carbocycles. The van der Waals surface area contributed by atoms with Crippen LogP contribution in [0.5, 0.6) is 0 Å². The van der Waals surface area contributed by atoms with Crippen molar-refractivity contribution in [1.29, 1.82) is 0 Å². The molecule has 0 unspecified atom stereocenters. The summed E-state index contributed by atoms with van der Waals surface area (Å²) in [5, 5.41) is 6.24. The molecule has 7 nitrogen and oxygen atoms in total. The van der Waals surface area contributed by atoms with E-state index in [1.165, 1.54) is 0 Å². The number of halogens is 1. The van der Waals surface area contributed by atoms with Crippen molar-refractivity contribution in [2.75, 3.05) is 13.2 Å².